The number of hydrogen-bond acceptors (Lipinski definition) is 2. The van der Waals surface area contributed by atoms with Crippen LogP contribution in [0.3, 0.4) is 0 Å². The maximum atomic E-state index is 12.0. The van der Waals surface area contributed by atoms with Crippen molar-refractivity contribution in [3.63, 3.8) is 0 Å². The number of carbonyl (C=O) groups excluding carboxylic acids is 1. The number of para-hydroxylation sites is 1. The fourth-order valence-corrected chi connectivity index (χ4v) is 1.50. The average molecular weight is 204 g/mol. The lowest BCUT2D eigenvalue weighted by Crippen LogP contribution is -2.04. The standard InChI is InChI=1S/C13H16O2/c1-4-10(5-2)13(14)11-8-6-7-9-12(11)15-3/h4,6-9H,5H2,1-3H3/b10-4-. The van der Waals surface area contributed by atoms with Crippen LogP contribution in [0.5, 0.6) is 5.75 Å². The molecule has 1 rings (SSSR count). The number of methoxy groups -OCH3 is 1. The normalized spacial score (nSPS) is 11.3. The summed E-state index contributed by atoms with van der Waals surface area (Å²) in [6.45, 7) is 3.86. The summed E-state index contributed by atoms with van der Waals surface area (Å²) in [5.41, 5.74) is 1.45. The molecule has 1 aromatic rings. The van der Waals surface area contributed by atoms with Crippen LogP contribution < -0.4 is 4.74 Å². The highest BCUT2D eigenvalue weighted by Gasteiger charge is 2.13. The number of benzene rings is 1. The van der Waals surface area contributed by atoms with Crippen molar-refractivity contribution in [2.24, 2.45) is 0 Å². The first-order valence-electron chi connectivity index (χ1n) is 5.07. The van der Waals surface area contributed by atoms with Gasteiger partial charge in [0.2, 0.25) is 0 Å². The van der Waals surface area contributed by atoms with E-state index in [-0.39, 0.29) is 5.78 Å². The summed E-state index contributed by atoms with van der Waals surface area (Å²) in [5.74, 6) is 0.688. The second-order valence-electron chi connectivity index (χ2n) is 3.20. The Kier molecular flexibility index (Phi) is 4.10. The maximum Gasteiger partial charge on any atom is 0.192 e. The monoisotopic (exact) mass is 204 g/mol. The second kappa shape index (κ2) is 5.35. The Hall–Kier alpha value is -1.57. The highest BCUT2D eigenvalue weighted by Crippen LogP contribution is 2.21. The van der Waals surface area contributed by atoms with Gasteiger partial charge in [-0.25, -0.2) is 0 Å². The van der Waals surface area contributed by atoms with Gasteiger partial charge in [0.05, 0.1) is 12.7 Å². The Morgan fingerprint density at radius 3 is 2.60 bits per heavy atom. The zero-order valence-corrected chi connectivity index (χ0v) is 9.41. The van der Waals surface area contributed by atoms with Crippen LogP contribution in [-0.4, -0.2) is 12.9 Å². The lowest BCUT2D eigenvalue weighted by Gasteiger charge is -2.08. The summed E-state index contributed by atoms with van der Waals surface area (Å²) in [7, 11) is 1.58. The zero-order chi connectivity index (χ0) is 11.3. The van der Waals surface area contributed by atoms with Gasteiger partial charge in [0, 0.05) is 0 Å². The molecule has 0 saturated heterocycles. The van der Waals surface area contributed by atoms with Crippen molar-refractivity contribution in [3.05, 3.63) is 41.5 Å². The molecule has 0 spiro atoms. The molecule has 0 aromatic heterocycles. The number of rotatable bonds is 4. The van der Waals surface area contributed by atoms with Crippen LogP contribution in [0.15, 0.2) is 35.9 Å². The van der Waals surface area contributed by atoms with Crippen LogP contribution in [0.4, 0.5) is 0 Å². The van der Waals surface area contributed by atoms with Crippen molar-refractivity contribution in [3.8, 4) is 5.75 Å². The highest BCUT2D eigenvalue weighted by atomic mass is 16.5. The molecule has 0 amide bonds. The van der Waals surface area contributed by atoms with Gasteiger partial charge in [-0.1, -0.05) is 25.1 Å². The van der Waals surface area contributed by atoms with Crippen molar-refractivity contribution in [2.75, 3.05) is 7.11 Å². The summed E-state index contributed by atoms with van der Waals surface area (Å²) >= 11 is 0. The molecular weight excluding hydrogens is 188 g/mol. The molecule has 0 unspecified atom stereocenters. The smallest absolute Gasteiger partial charge is 0.192 e. The number of Topliss-reactive ketones (excluding diaryl/α,β-unsaturated/α-hetero) is 1. The minimum Gasteiger partial charge on any atom is -0.496 e. The second-order valence-corrected chi connectivity index (χ2v) is 3.20. The molecule has 0 aliphatic rings. The minimum absolute atomic E-state index is 0.0532. The first kappa shape index (κ1) is 11.5. The van der Waals surface area contributed by atoms with Crippen LogP contribution >= 0.6 is 0 Å². The van der Waals surface area contributed by atoms with Gasteiger partial charge in [0.25, 0.3) is 0 Å². The molecule has 0 bridgehead atoms. The predicted octanol–water partition coefficient (Wildman–Crippen LogP) is 3.23. The molecule has 1 aromatic carbocycles. The van der Waals surface area contributed by atoms with Gasteiger partial charge in [0.15, 0.2) is 5.78 Å². The summed E-state index contributed by atoms with van der Waals surface area (Å²) in [6, 6.07) is 7.30. The Labute approximate surface area is 90.6 Å². The van der Waals surface area contributed by atoms with E-state index in [1.54, 1.807) is 19.2 Å². The first-order valence-corrected chi connectivity index (χ1v) is 5.07. The van der Waals surface area contributed by atoms with E-state index in [0.717, 1.165) is 12.0 Å². The molecule has 0 aliphatic heterocycles. The van der Waals surface area contributed by atoms with Crippen LogP contribution in [0.1, 0.15) is 30.6 Å². The van der Waals surface area contributed by atoms with Gasteiger partial charge < -0.3 is 4.74 Å². The largest absolute Gasteiger partial charge is 0.496 e. The summed E-state index contributed by atoms with van der Waals surface area (Å²) in [5, 5.41) is 0. The molecule has 80 valence electrons. The zero-order valence-electron chi connectivity index (χ0n) is 9.41. The lowest BCUT2D eigenvalue weighted by atomic mass is 10.0. The van der Waals surface area contributed by atoms with E-state index in [4.69, 9.17) is 4.74 Å². The van der Waals surface area contributed by atoms with Crippen molar-refractivity contribution in [1.82, 2.24) is 0 Å². The summed E-state index contributed by atoms with van der Waals surface area (Å²) in [4.78, 5) is 12.0. The van der Waals surface area contributed by atoms with E-state index < -0.39 is 0 Å². The van der Waals surface area contributed by atoms with E-state index in [0.29, 0.717) is 11.3 Å². The number of allylic oxidation sites excluding steroid dienone is 2. The van der Waals surface area contributed by atoms with E-state index in [9.17, 15) is 4.79 Å². The van der Waals surface area contributed by atoms with Gasteiger partial charge >= 0.3 is 0 Å². The molecule has 0 saturated carbocycles. The molecule has 2 nitrogen and oxygen atoms in total. The SMILES string of the molecule is C/C=C(/CC)C(=O)c1ccccc1OC. The molecule has 0 fully saturated rings. The summed E-state index contributed by atoms with van der Waals surface area (Å²) < 4.78 is 5.16. The van der Waals surface area contributed by atoms with Gasteiger partial charge in [-0.15, -0.1) is 0 Å². The molecule has 2 heteroatoms. The molecule has 0 radical (unpaired) electrons. The van der Waals surface area contributed by atoms with Gasteiger partial charge in [-0.2, -0.15) is 0 Å². The highest BCUT2D eigenvalue weighted by molar-refractivity contribution is 6.10. The topological polar surface area (TPSA) is 26.3 Å². The average Bonchev–Trinajstić information content (AvgIpc) is 2.30. The van der Waals surface area contributed by atoms with E-state index in [1.807, 2.05) is 32.1 Å². The fourth-order valence-electron chi connectivity index (χ4n) is 1.50. The number of carbonyl (C=O) groups is 1. The Bertz CT molecular complexity index is 378. The molecule has 15 heavy (non-hydrogen) atoms. The third-order valence-electron chi connectivity index (χ3n) is 2.37. The molecule has 0 aliphatic carbocycles. The third kappa shape index (κ3) is 2.46. The van der Waals surface area contributed by atoms with Crippen molar-refractivity contribution in [1.29, 1.82) is 0 Å². The quantitative estimate of drug-likeness (QED) is 0.556. The Balaban J connectivity index is 3.10. The predicted molar refractivity (Wildman–Crippen MR) is 61.4 cm³/mol. The van der Waals surface area contributed by atoms with E-state index >= 15 is 0 Å². The number of hydrogen-bond donors (Lipinski definition) is 0. The Morgan fingerprint density at radius 2 is 2.07 bits per heavy atom. The minimum atomic E-state index is 0.0532. The summed E-state index contributed by atoms with van der Waals surface area (Å²) in [6.07, 6.45) is 2.60. The van der Waals surface area contributed by atoms with Crippen molar-refractivity contribution >= 4 is 5.78 Å². The van der Waals surface area contributed by atoms with Gasteiger partial charge in [-0.05, 0) is 31.1 Å². The van der Waals surface area contributed by atoms with Crippen LogP contribution in [-0.2, 0) is 0 Å². The van der Waals surface area contributed by atoms with Crippen molar-refractivity contribution in [2.45, 2.75) is 20.3 Å². The first-order chi connectivity index (χ1) is 7.24. The van der Waals surface area contributed by atoms with Crippen LogP contribution in [0, 0.1) is 0 Å². The van der Waals surface area contributed by atoms with Crippen LogP contribution in [0.2, 0.25) is 0 Å². The fraction of sp³-hybridized carbons (Fsp3) is 0.308. The molecule has 0 heterocycles. The molecular formula is C13H16O2. The van der Waals surface area contributed by atoms with E-state index in [1.165, 1.54) is 0 Å². The van der Waals surface area contributed by atoms with Crippen molar-refractivity contribution < 1.29 is 9.53 Å². The van der Waals surface area contributed by atoms with E-state index in [2.05, 4.69) is 0 Å². The van der Waals surface area contributed by atoms with Crippen LogP contribution in [0.25, 0.3) is 0 Å². The lowest BCUT2D eigenvalue weighted by molar-refractivity contribution is 0.102. The van der Waals surface area contributed by atoms with Gasteiger partial charge in [-0.3, -0.25) is 4.79 Å². The number of ether oxygens (including phenoxy) is 1. The third-order valence-corrected chi connectivity index (χ3v) is 2.37. The maximum absolute atomic E-state index is 12.0. The molecule has 0 N–H and O–H groups in total. The molecule has 0 atom stereocenters. The van der Waals surface area contributed by atoms with Gasteiger partial charge in [0.1, 0.15) is 5.75 Å². The number of ketones is 1. The Morgan fingerprint density at radius 1 is 1.40 bits per heavy atom.